The van der Waals surface area contributed by atoms with E-state index in [2.05, 4.69) is 61.5 Å². The molecule has 2 aliphatic rings. The summed E-state index contributed by atoms with van der Waals surface area (Å²) in [5.41, 5.74) is 4.29. The van der Waals surface area contributed by atoms with Crippen molar-refractivity contribution < 1.29 is 32.8 Å². The first-order valence-corrected chi connectivity index (χ1v) is 22.8. The van der Waals surface area contributed by atoms with Gasteiger partial charge in [0, 0.05) is 32.0 Å². The number of benzene rings is 1. The first-order chi connectivity index (χ1) is 25.1. The fourth-order valence-corrected chi connectivity index (χ4v) is 8.91. The molecule has 2 fully saturated rings. The highest BCUT2D eigenvalue weighted by Crippen LogP contribution is 2.40. The molecule has 0 bridgehead atoms. The smallest absolute Gasteiger partial charge is 0.410 e. The summed E-state index contributed by atoms with van der Waals surface area (Å²) < 4.78 is 24.2. The van der Waals surface area contributed by atoms with E-state index in [0.717, 1.165) is 21.7 Å². The Kier molecular flexibility index (Phi) is 12.4. The van der Waals surface area contributed by atoms with Gasteiger partial charge in [0.05, 0.1) is 34.8 Å². The molecule has 14 heteroatoms. The number of thiazole rings is 1. The first kappa shape index (κ1) is 41.4. The molecule has 2 aliphatic heterocycles. The van der Waals surface area contributed by atoms with Gasteiger partial charge in [-0.3, -0.25) is 9.59 Å². The molecule has 0 spiro atoms. The minimum absolute atomic E-state index is 0.0411. The van der Waals surface area contributed by atoms with Crippen molar-refractivity contribution in [1.82, 2.24) is 25.3 Å². The Labute approximate surface area is 325 Å². The zero-order valence-electron chi connectivity index (χ0n) is 34.0. The fourth-order valence-electron chi connectivity index (χ4n) is 6.74. The van der Waals surface area contributed by atoms with Crippen molar-refractivity contribution in [2.45, 2.75) is 136 Å². The molecule has 5 atom stereocenters. The van der Waals surface area contributed by atoms with Gasteiger partial charge < -0.3 is 33.5 Å². The number of amides is 3. The lowest BCUT2D eigenvalue weighted by molar-refractivity contribution is -0.141. The van der Waals surface area contributed by atoms with Crippen LogP contribution in [0.1, 0.15) is 104 Å². The second-order valence-electron chi connectivity index (χ2n) is 17.6. The highest BCUT2D eigenvalue weighted by molar-refractivity contribution is 7.13. The molecule has 54 heavy (non-hydrogen) atoms. The third kappa shape index (κ3) is 9.72. The van der Waals surface area contributed by atoms with E-state index in [4.69, 9.17) is 18.4 Å². The Morgan fingerprint density at radius 2 is 1.70 bits per heavy atom. The maximum atomic E-state index is 14.6. The molecule has 3 aromatic rings. The molecule has 1 unspecified atom stereocenters. The minimum Gasteiger partial charge on any atom is -0.470 e. The first-order valence-electron chi connectivity index (χ1n) is 19.0. The van der Waals surface area contributed by atoms with Gasteiger partial charge in [0.2, 0.25) is 11.8 Å². The number of nitrogens with zero attached hydrogens (tertiary/aromatic N) is 4. The quantitative estimate of drug-likeness (QED) is 0.192. The van der Waals surface area contributed by atoms with E-state index in [1.165, 1.54) is 0 Å². The molecule has 0 aliphatic carbocycles. The molecule has 12 nitrogen and oxygen atoms in total. The predicted molar refractivity (Wildman–Crippen MR) is 212 cm³/mol. The molecule has 0 saturated carbocycles. The lowest BCUT2D eigenvalue weighted by Crippen LogP contribution is -2.48. The van der Waals surface area contributed by atoms with Crippen LogP contribution in [-0.4, -0.2) is 89.7 Å². The Morgan fingerprint density at radius 3 is 2.30 bits per heavy atom. The third-order valence-electron chi connectivity index (χ3n) is 10.7. The average molecular weight is 782 g/mol. The molecule has 296 valence electrons. The van der Waals surface area contributed by atoms with E-state index in [1.54, 1.807) is 27.2 Å². The van der Waals surface area contributed by atoms with E-state index >= 15 is 0 Å². The zero-order valence-corrected chi connectivity index (χ0v) is 35.8. The molecular formula is C40H59N5O7SSi. The van der Waals surface area contributed by atoms with Crippen molar-refractivity contribution in [3.8, 4) is 16.3 Å². The van der Waals surface area contributed by atoms with Gasteiger partial charge in [-0.15, -0.1) is 11.3 Å². The van der Waals surface area contributed by atoms with Crippen molar-refractivity contribution >= 4 is 37.6 Å². The molecule has 1 aromatic carbocycles. The standard InChI is InChI=1S/C40H59N5O7SSi/c1-24(2)34(32-20-33(43-51-32)49-29-17-18-44(21-29)38(48)50-39(5,6)7)37(47)45-22-30(52-54(11,12)40(8,9)10)19-31(45)36(46)42-25(3)27-13-15-28(16-14-27)35-26(4)41-23-53-35/h13-16,20,23-25,29-31,34H,17-19,21-22H2,1-12H3,(H,42,46)/t25-,29?,30+,31+,34+/m0/s1. The third-order valence-corrected chi connectivity index (χ3v) is 16.2. The summed E-state index contributed by atoms with van der Waals surface area (Å²) in [6.45, 7) is 25.5. The van der Waals surface area contributed by atoms with Crippen LogP contribution in [0.2, 0.25) is 18.1 Å². The number of aryl methyl sites for hydroxylation is 1. The SMILES string of the molecule is Cc1ncsc1-c1ccc([C@H](C)NC(=O)[C@H]2C[C@@H](O[Si](C)(C)C(C)(C)C)CN2C(=O)[C@@H](c2cc(OC3CCN(C(=O)OC(C)(C)C)C3)no2)C(C)C)cc1. The summed E-state index contributed by atoms with van der Waals surface area (Å²) in [4.78, 5) is 50.2. The Morgan fingerprint density at radius 1 is 1.02 bits per heavy atom. The second-order valence-corrected chi connectivity index (χ2v) is 23.2. The number of carbonyl (C=O) groups is 3. The van der Waals surface area contributed by atoms with Gasteiger partial charge >= 0.3 is 6.09 Å². The lowest BCUT2D eigenvalue weighted by Gasteiger charge is -2.38. The lowest BCUT2D eigenvalue weighted by atomic mass is 9.91. The number of aromatic nitrogens is 2. The summed E-state index contributed by atoms with van der Waals surface area (Å²) in [5, 5.41) is 7.32. The molecule has 2 saturated heterocycles. The number of likely N-dealkylation sites (tertiary alicyclic amines) is 2. The van der Waals surface area contributed by atoms with Crippen molar-refractivity contribution in [3.63, 3.8) is 0 Å². The second kappa shape index (κ2) is 16.2. The maximum absolute atomic E-state index is 14.6. The predicted octanol–water partition coefficient (Wildman–Crippen LogP) is 8.10. The Hall–Kier alpha value is -3.75. The summed E-state index contributed by atoms with van der Waals surface area (Å²) in [6.07, 6.45) is 0.0429. The van der Waals surface area contributed by atoms with Crippen molar-refractivity contribution in [3.05, 3.63) is 52.9 Å². The molecule has 3 amide bonds. The largest absolute Gasteiger partial charge is 0.470 e. The fraction of sp³-hybridized carbons (Fsp3) is 0.625. The van der Waals surface area contributed by atoms with Gasteiger partial charge in [0.1, 0.15) is 23.7 Å². The van der Waals surface area contributed by atoms with E-state index in [1.807, 2.05) is 66.1 Å². The van der Waals surface area contributed by atoms with Crippen molar-refractivity contribution in [2.24, 2.45) is 5.92 Å². The van der Waals surface area contributed by atoms with E-state index < -0.39 is 25.9 Å². The van der Waals surface area contributed by atoms with Crippen LogP contribution in [0.25, 0.3) is 10.4 Å². The molecule has 4 heterocycles. The van der Waals surface area contributed by atoms with Gasteiger partial charge in [-0.05, 0) is 75.0 Å². The Balaban J connectivity index is 1.32. The number of carbonyl (C=O) groups excluding carboxylic acids is 3. The van der Waals surface area contributed by atoms with Crippen molar-refractivity contribution in [2.75, 3.05) is 19.6 Å². The number of ether oxygens (including phenoxy) is 2. The van der Waals surface area contributed by atoms with Crippen molar-refractivity contribution in [1.29, 1.82) is 0 Å². The van der Waals surface area contributed by atoms with Crippen LogP contribution in [0.5, 0.6) is 5.88 Å². The molecule has 5 rings (SSSR count). The topological polar surface area (TPSA) is 136 Å². The van der Waals surface area contributed by atoms with E-state index in [-0.39, 0.29) is 53.0 Å². The monoisotopic (exact) mass is 781 g/mol. The number of rotatable bonds is 11. The number of hydrogen-bond acceptors (Lipinski definition) is 10. The zero-order chi connectivity index (χ0) is 39.7. The minimum atomic E-state index is -2.22. The van der Waals surface area contributed by atoms with Crippen LogP contribution in [-0.2, 0) is 18.8 Å². The van der Waals surface area contributed by atoms with Gasteiger partial charge in [-0.25, -0.2) is 9.78 Å². The van der Waals surface area contributed by atoms with Crippen LogP contribution in [0.3, 0.4) is 0 Å². The molecule has 1 N–H and O–H groups in total. The summed E-state index contributed by atoms with van der Waals surface area (Å²) in [6, 6.07) is 8.80. The highest BCUT2D eigenvalue weighted by Gasteiger charge is 2.48. The van der Waals surface area contributed by atoms with Gasteiger partial charge in [-0.2, -0.15) is 0 Å². The number of nitrogens with one attached hydrogen (secondary N) is 1. The summed E-state index contributed by atoms with van der Waals surface area (Å²) in [5.74, 6) is -0.707. The van der Waals surface area contributed by atoms with Crippen LogP contribution in [0, 0.1) is 12.8 Å². The maximum Gasteiger partial charge on any atom is 0.410 e. The van der Waals surface area contributed by atoms with E-state index in [0.29, 0.717) is 38.2 Å². The summed E-state index contributed by atoms with van der Waals surface area (Å²) in [7, 11) is -2.22. The van der Waals surface area contributed by atoms with E-state index in [9.17, 15) is 14.4 Å². The van der Waals surface area contributed by atoms with Crippen LogP contribution >= 0.6 is 11.3 Å². The van der Waals surface area contributed by atoms with Crippen LogP contribution in [0.15, 0.2) is 40.4 Å². The number of hydrogen-bond donors (Lipinski definition) is 1. The van der Waals surface area contributed by atoms with Gasteiger partial charge in [0.25, 0.3) is 5.88 Å². The van der Waals surface area contributed by atoms with Gasteiger partial charge in [0.15, 0.2) is 14.1 Å². The van der Waals surface area contributed by atoms with Gasteiger partial charge in [-0.1, -0.05) is 58.9 Å². The molecule has 2 aromatic heterocycles. The normalized spacial score (nSPS) is 20.6. The Bertz CT molecular complexity index is 1780. The summed E-state index contributed by atoms with van der Waals surface area (Å²) >= 11 is 1.60. The highest BCUT2D eigenvalue weighted by atomic mass is 32.1. The molecular weight excluding hydrogens is 723 g/mol. The van der Waals surface area contributed by atoms with Crippen LogP contribution in [0.4, 0.5) is 4.79 Å². The van der Waals surface area contributed by atoms with Crippen LogP contribution < -0.4 is 10.1 Å². The molecule has 0 radical (unpaired) electrons. The average Bonchev–Trinajstić information content (AvgIpc) is 3.88.